The highest BCUT2D eigenvalue weighted by atomic mass is 16.6. The largest absolute Gasteiger partial charge is 0.378 e. The van der Waals surface area contributed by atoms with Crippen LogP contribution in [0.4, 0.5) is 11.5 Å². The molecule has 0 atom stereocenters. The van der Waals surface area contributed by atoms with E-state index in [1.54, 1.807) is 13.0 Å². The summed E-state index contributed by atoms with van der Waals surface area (Å²) in [6.07, 6.45) is 3.43. The Morgan fingerprint density at radius 3 is 2.90 bits per heavy atom. The highest BCUT2D eigenvalue weighted by molar-refractivity contribution is 5.44. The topological polar surface area (TPSA) is 89.3 Å². The first-order valence-electron chi connectivity index (χ1n) is 7.35. The van der Waals surface area contributed by atoms with E-state index in [1.165, 1.54) is 6.07 Å². The van der Waals surface area contributed by atoms with Crippen molar-refractivity contribution in [2.24, 2.45) is 0 Å². The van der Waals surface area contributed by atoms with Crippen LogP contribution in [0.25, 0.3) is 0 Å². The molecule has 1 aliphatic rings. The Hall–Kier alpha value is -1.73. The Morgan fingerprint density at radius 1 is 1.48 bits per heavy atom. The number of hydrogen-bond donors (Lipinski definition) is 2. The maximum Gasteiger partial charge on any atom is 0.290 e. The molecular formula is C14H22N4O3. The third kappa shape index (κ3) is 4.95. The number of nitrogens with one attached hydrogen (secondary N) is 2. The van der Waals surface area contributed by atoms with Gasteiger partial charge >= 0.3 is 0 Å². The summed E-state index contributed by atoms with van der Waals surface area (Å²) >= 11 is 0. The molecule has 21 heavy (non-hydrogen) atoms. The number of piperidine rings is 1. The Morgan fingerprint density at radius 2 is 2.24 bits per heavy atom. The number of anilines is 1. The van der Waals surface area contributed by atoms with Gasteiger partial charge in [0.2, 0.25) is 0 Å². The molecule has 1 saturated heterocycles. The molecule has 0 unspecified atom stereocenters. The summed E-state index contributed by atoms with van der Waals surface area (Å²) in [6, 6.07) is 3.12. The quantitative estimate of drug-likeness (QED) is 0.453. The number of nitrogens with zero attached hydrogens (tertiary/aromatic N) is 2. The number of ether oxygens (including phenoxy) is 1. The molecule has 0 spiro atoms. The zero-order valence-electron chi connectivity index (χ0n) is 12.3. The predicted molar refractivity (Wildman–Crippen MR) is 80.6 cm³/mol. The van der Waals surface area contributed by atoms with Crippen molar-refractivity contribution < 1.29 is 9.66 Å². The van der Waals surface area contributed by atoms with Gasteiger partial charge < -0.3 is 15.4 Å². The summed E-state index contributed by atoms with van der Waals surface area (Å²) in [7, 11) is 0. The Kier molecular flexibility index (Phi) is 5.89. The van der Waals surface area contributed by atoms with E-state index in [1.807, 2.05) is 0 Å². The van der Waals surface area contributed by atoms with Crippen LogP contribution in [0.1, 0.15) is 25.0 Å². The van der Waals surface area contributed by atoms with Crippen LogP contribution in [0.5, 0.6) is 0 Å². The Bertz CT molecular complexity index is 475. The molecule has 1 fully saturated rings. The molecule has 0 aromatic carbocycles. The van der Waals surface area contributed by atoms with Crippen LogP contribution in [0.2, 0.25) is 0 Å². The van der Waals surface area contributed by atoms with E-state index in [-0.39, 0.29) is 5.69 Å². The molecule has 0 bridgehead atoms. The average molecular weight is 294 g/mol. The molecule has 0 saturated carbocycles. The van der Waals surface area contributed by atoms with E-state index >= 15 is 0 Å². The smallest absolute Gasteiger partial charge is 0.290 e. The second-order valence-corrected chi connectivity index (χ2v) is 5.16. The molecular weight excluding hydrogens is 272 g/mol. The number of pyridine rings is 1. The van der Waals surface area contributed by atoms with E-state index in [4.69, 9.17) is 4.74 Å². The van der Waals surface area contributed by atoms with Crippen molar-refractivity contribution in [2.75, 3.05) is 31.6 Å². The zero-order valence-corrected chi connectivity index (χ0v) is 12.3. The van der Waals surface area contributed by atoms with Crippen molar-refractivity contribution in [3.63, 3.8) is 0 Å². The minimum absolute atomic E-state index is 0.0507. The Labute approximate surface area is 124 Å². The summed E-state index contributed by atoms with van der Waals surface area (Å²) in [6.45, 7) is 5.19. The minimum atomic E-state index is -0.418. The number of aryl methyl sites for hydroxylation is 1. The summed E-state index contributed by atoms with van der Waals surface area (Å²) < 4.78 is 5.81. The van der Waals surface area contributed by atoms with Crippen LogP contribution in [0, 0.1) is 17.0 Å². The van der Waals surface area contributed by atoms with Crippen LogP contribution in [-0.2, 0) is 4.74 Å². The number of hydrogen-bond acceptors (Lipinski definition) is 6. The lowest BCUT2D eigenvalue weighted by Crippen LogP contribution is -2.32. The molecule has 7 heteroatoms. The second kappa shape index (κ2) is 7.90. The highest BCUT2D eigenvalue weighted by Crippen LogP contribution is 2.17. The van der Waals surface area contributed by atoms with Crippen LogP contribution in [0.15, 0.2) is 12.1 Å². The molecule has 1 aliphatic heterocycles. The van der Waals surface area contributed by atoms with E-state index in [2.05, 4.69) is 15.6 Å². The maximum atomic E-state index is 10.7. The van der Waals surface area contributed by atoms with Gasteiger partial charge in [-0.2, -0.15) is 0 Å². The summed E-state index contributed by atoms with van der Waals surface area (Å²) in [5, 5.41) is 17.2. The third-order valence-corrected chi connectivity index (χ3v) is 3.52. The van der Waals surface area contributed by atoms with E-state index in [9.17, 15) is 10.1 Å². The fraction of sp³-hybridized carbons (Fsp3) is 0.643. The molecule has 1 aromatic rings. The monoisotopic (exact) mass is 294 g/mol. The standard InChI is InChI=1S/C14H22N4O3/c1-11-13(18(19)20)3-4-14(17-11)16-7-2-10-21-12-5-8-15-9-6-12/h3-4,12,15H,2,5-10H2,1H3,(H,16,17). The highest BCUT2D eigenvalue weighted by Gasteiger charge is 2.13. The predicted octanol–water partition coefficient (Wildman–Crippen LogP) is 1.87. The van der Waals surface area contributed by atoms with Crippen LogP contribution >= 0.6 is 0 Å². The third-order valence-electron chi connectivity index (χ3n) is 3.52. The van der Waals surface area contributed by atoms with Gasteiger partial charge in [-0.1, -0.05) is 0 Å². The number of nitro groups is 1. The van der Waals surface area contributed by atoms with Gasteiger partial charge in [-0.3, -0.25) is 10.1 Å². The van der Waals surface area contributed by atoms with Crippen molar-refractivity contribution in [3.05, 3.63) is 27.9 Å². The molecule has 7 nitrogen and oxygen atoms in total. The Balaban J connectivity index is 1.66. The molecule has 0 amide bonds. The average Bonchev–Trinajstić information content (AvgIpc) is 2.47. The maximum absolute atomic E-state index is 10.7. The van der Waals surface area contributed by atoms with Gasteiger partial charge in [0.05, 0.1) is 11.0 Å². The van der Waals surface area contributed by atoms with Gasteiger partial charge in [0, 0.05) is 19.2 Å². The SMILES string of the molecule is Cc1nc(NCCCOC2CCNCC2)ccc1[N+](=O)[O-]. The molecule has 2 N–H and O–H groups in total. The van der Waals surface area contributed by atoms with E-state index in [0.717, 1.165) is 45.5 Å². The summed E-state index contributed by atoms with van der Waals surface area (Å²) in [4.78, 5) is 14.5. The lowest BCUT2D eigenvalue weighted by atomic mass is 10.1. The van der Waals surface area contributed by atoms with Gasteiger partial charge in [0.15, 0.2) is 0 Å². The first kappa shape index (κ1) is 15.7. The van der Waals surface area contributed by atoms with Crippen LogP contribution in [-0.4, -0.2) is 42.3 Å². The fourth-order valence-corrected chi connectivity index (χ4v) is 2.35. The van der Waals surface area contributed by atoms with Gasteiger partial charge in [-0.25, -0.2) is 4.98 Å². The molecule has 2 rings (SSSR count). The van der Waals surface area contributed by atoms with Gasteiger partial charge in [0.25, 0.3) is 5.69 Å². The summed E-state index contributed by atoms with van der Waals surface area (Å²) in [5.41, 5.74) is 0.478. The first-order chi connectivity index (χ1) is 10.2. The first-order valence-corrected chi connectivity index (χ1v) is 7.35. The van der Waals surface area contributed by atoms with E-state index in [0.29, 0.717) is 17.6 Å². The van der Waals surface area contributed by atoms with Crippen molar-refractivity contribution >= 4 is 11.5 Å². The lowest BCUT2D eigenvalue weighted by Gasteiger charge is -2.22. The molecule has 0 aliphatic carbocycles. The normalized spacial score (nSPS) is 15.9. The molecule has 116 valence electrons. The van der Waals surface area contributed by atoms with Crippen LogP contribution in [0.3, 0.4) is 0 Å². The fourth-order valence-electron chi connectivity index (χ4n) is 2.35. The van der Waals surface area contributed by atoms with Gasteiger partial charge in [-0.15, -0.1) is 0 Å². The second-order valence-electron chi connectivity index (χ2n) is 5.16. The number of rotatable bonds is 7. The molecule has 0 radical (unpaired) electrons. The lowest BCUT2D eigenvalue weighted by molar-refractivity contribution is -0.385. The number of aromatic nitrogens is 1. The van der Waals surface area contributed by atoms with E-state index < -0.39 is 4.92 Å². The zero-order chi connectivity index (χ0) is 15.1. The molecule has 1 aromatic heterocycles. The summed E-state index contributed by atoms with van der Waals surface area (Å²) in [5.74, 6) is 0.667. The minimum Gasteiger partial charge on any atom is -0.378 e. The van der Waals surface area contributed by atoms with Gasteiger partial charge in [-0.05, 0) is 45.3 Å². The van der Waals surface area contributed by atoms with Gasteiger partial charge in [0.1, 0.15) is 11.5 Å². The van der Waals surface area contributed by atoms with Crippen LogP contribution < -0.4 is 10.6 Å². The molecule has 2 heterocycles. The van der Waals surface area contributed by atoms with Crippen molar-refractivity contribution in [3.8, 4) is 0 Å². The van der Waals surface area contributed by atoms with Crippen molar-refractivity contribution in [1.82, 2.24) is 10.3 Å². The van der Waals surface area contributed by atoms with Crippen molar-refractivity contribution in [2.45, 2.75) is 32.3 Å². The van der Waals surface area contributed by atoms with Crippen molar-refractivity contribution in [1.29, 1.82) is 0 Å².